The van der Waals surface area contributed by atoms with E-state index in [0.717, 1.165) is 38.5 Å². The van der Waals surface area contributed by atoms with Crippen molar-refractivity contribution in [1.82, 2.24) is 0 Å². The first-order valence-electron chi connectivity index (χ1n) is 17.2. The molecule has 0 bridgehead atoms. The van der Waals surface area contributed by atoms with E-state index in [2.05, 4.69) is 74.6 Å². The Kier molecular flexibility index (Phi) is 33.6. The van der Waals surface area contributed by atoms with Crippen LogP contribution in [-0.2, 0) is 9.53 Å². The van der Waals surface area contributed by atoms with Gasteiger partial charge >= 0.3 is 5.97 Å². The van der Waals surface area contributed by atoms with Gasteiger partial charge in [-0.05, 0) is 77.0 Å². The number of esters is 1. The number of allylic oxidation sites excluding steroid dienone is 10. The van der Waals surface area contributed by atoms with E-state index in [1.165, 1.54) is 109 Å². The highest BCUT2D eigenvalue weighted by Crippen LogP contribution is 2.10. The van der Waals surface area contributed by atoms with Crippen LogP contribution in [0.5, 0.6) is 0 Å². The molecule has 0 aliphatic rings. The van der Waals surface area contributed by atoms with E-state index < -0.39 is 0 Å². The second kappa shape index (κ2) is 35.2. The fourth-order valence-electron chi connectivity index (χ4n) is 4.53. The number of hydrogen-bond donors (Lipinski definition) is 0. The predicted octanol–water partition coefficient (Wildman–Crippen LogP) is 12.7. The minimum atomic E-state index is -0.0383. The highest BCUT2D eigenvalue weighted by Gasteiger charge is 2.01. The lowest BCUT2D eigenvalue weighted by Crippen LogP contribution is -2.05. The van der Waals surface area contributed by atoms with E-state index in [1.54, 1.807) is 0 Å². The highest BCUT2D eigenvalue weighted by molar-refractivity contribution is 5.69. The molecule has 0 amide bonds. The molecule has 2 heteroatoms. The second-order valence-electron chi connectivity index (χ2n) is 11.1. The van der Waals surface area contributed by atoms with Crippen LogP contribution in [0.4, 0.5) is 0 Å². The van der Waals surface area contributed by atoms with Crippen LogP contribution >= 0.6 is 0 Å². The van der Waals surface area contributed by atoms with Crippen LogP contribution < -0.4 is 0 Å². The average molecular weight is 555 g/mol. The van der Waals surface area contributed by atoms with Gasteiger partial charge in [0.2, 0.25) is 0 Å². The lowest BCUT2D eigenvalue weighted by atomic mass is 10.1. The first-order chi connectivity index (χ1) is 19.8. The fourth-order valence-corrected chi connectivity index (χ4v) is 4.53. The van der Waals surface area contributed by atoms with Crippen LogP contribution in [0.2, 0.25) is 0 Å². The third kappa shape index (κ3) is 34.2. The van der Waals surface area contributed by atoms with E-state index in [1.807, 2.05) is 0 Å². The molecule has 230 valence electrons. The molecule has 0 saturated heterocycles. The van der Waals surface area contributed by atoms with E-state index in [9.17, 15) is 4.79 Å². The van der Waals surface area contributed by atoms with E-state index in [0.29, 0.717) is 13.0 Å². The Hall–Kier alpha value is -1.83. The summed E-state index contributed by atoms with van der Waals surface area (Å²) in [5, 5.41) is 0. The van der Waals surface area contributed by atoms with Gasteiger partial charge in [0.15, 0.2) is 0 Å². The molecule has 0 unspecified atom stereocenters. The summed E-state index contributed by atoms with van der Waals surface area (Å²) < 4.78 is 5.40. The third-order valence-electron chi connectivity index (χ3n) is 7.13. The Balaban J connectivity index is 3.38. The first-order valence-corrected chi connectivity index (χ1v) is 17.2. The van der Waals surface area contributed by atoms with Gasteiger partial charge in [-0.1, -0.05) is 145 Å². The molecule has 0 aromatic carbocycles. The number of ether oxygens (including phenoxy) is 1. The molecule has 0 saturated carbocycles. The molecular weight excluding hydrogens is 488 g/mol. The average Bonchev–Trinajstić information content (AvgIpc) is 2.96. The monoisotopic (exact) mass is 555 g/mol. The zero-order chi connectivity index (χ0) is 29.0. The van der Waals surface area contributed by atoms with Crippen molar-refractivity contribution in [2.45, 2.75) is 168 Å². The molecule has 0 heterocycles. The van der Waals surface area contributed by atoms with Crippen LogP contribution in [0, 0.1) is 0 Å². The summed E-state index contributed by atoms with van der Waals surface area (Å²) in [6.07, 6.45) is 51.3. The Morgan fingerprint density at radius 1 is 0.425 bits per heavy atom. The minimum absolute atomic E-state index is 0.0383. The summed E-state index contributed by atoms with van der Waals surface area (Å²) >= 11 is 0. The molecule has 40 heavy (non-hydrogen) atoms. The van der Waals surface area contributed by atoms with Crippen molar-refractivity contribution in [3.63, 3.8) is 0 Å². The Bertz CT molecular complexity index is 652. The van der Waals surface area contributed by atoms with Gasteiger partial charge in [0.1, 0.15) is 0 Å². The molecule has 0 rings (SSSR count). The molecule has 0 atom stereocenters. The van der Waals surface area contributed by atoms with Crippen molar-refractivity contribution >= 4 is 5.97 Å². The first kappa shape index (κ1) is 38.2. The molecule has 0 radical (unpaired) electrons. The summed E-state index contributed by atoms with van der Waals surface area (Å²) in [5.74, 6) is -0.0383. The smallest absolute Gasteiger partial charge is 0.305 e. The maximum atomic E-state index is 11.9. The maximum absolute atomic E-state index is 11.9. The van der Waals surface area contributed by atoms with Crippen molar-refractivity contribution < 1.29 is 9.53 Å². The quantitative estimate of drug-likeness (QED) is 0.0501. The van der Waals surface area contributed by atoms with Crippen molar-refractivity contribution in [3.8, 4) is 0 Å². The summed E-state index contributed by atoms with van der Waals surface area (Å²) in [5.41, 5.74) is 0. The summed E-state index contributed by atoms with van der Waals surface area (Å²) in [4.78, 5) is 11.9. The number of rotatable bonds is 30. The SMILES string of the molecule is CCCCCC=CCC=CCC=CCC=CCCCC(=O)OCCCCCCCC/C=C\CCCCCCCC. The lowest BCUT2D eigenvalue weighted by Gasteiger charge is -2.04. The van der Waals surface area contributed by atoms with Gasteiger partial charge in [0.05, 0.1) is 6.61 Å². The number of carbonyl (C=O) groups is 1. The summed E-state index contributed by atoms with van der Waals surface area (Å²) in [7, 11) is 0. The van der Waals surface area contributed by atoms with Crippen LogP contribution in [0.1, 0.15) is 168 Å². The molecule has 0 aliphatic heterocycles. The Morgan fingerprint density at radius 3 is 1.30 bits per heavy atom. The predicted molar refractivity (Wildman–Crippen MR) is 179 cm³/mol. The van der Waals surface area contributed by atoms with Crippen LogP contribution in [0.15, 0.2) is 60.8 Å². The summed E-state index contributed by atoms with van der Waals surface area (Å²) in [6, 6.07) is 0. The molecular formula is C38H66O2. The van der Waals surface area contributed by atoms with E-state index in [-0.39, 0.29) is 5.97 Å². The van der Waals surface area contributed by atoms with Crippen molar-refractivity contribution in [1.29, 1.82) is 0 Å². The Morgan fingerprint density at radius 2 is 0.775 bits per heavy atom. The van der Waals surface area contributed by atoms with E-state index in [4.69, 9.17) is 4.74 Å². The van der Waals surface area contributed by atoms with E-state index >= 15 is 0 Å². The second-order valence-corrected chi connectivity index (χ2v) is 11.1. The molecule has 0 N–H and O–H groups in total. The van der Waals surface area contributed by atoms with Gasteiger partial charge in [-0.3, -0.25) is 4.79 Å². The van der Waals surface area contributed by atoms with Gasteiger partial charge in [-0.15, -0.1) is 0 Å². The fraction of sp³-hybridized carbons (Fsp3) is 0.711. The maximum Gasteiger partial charge on any atom is 0.305 e. The van der Waals surface area contributed by atoms with Crippen molar-refractivity contribution in [3.05, 3.63) is 60.8 Å². The zero-order valence-corrected chi connectivity index (χ0v) is 26.8. The molecule has 0 aliphatic carbocycles. The van der Waals surface area contributed by atoms with Gasteiger partial charge in [-0.25, -0.2) is 0 Å². The Labute approximate surface area is 250 Å². The van der Waals surface area contributed by atoms with Crippen LogP contribution in [0.3, 0.4) is 0 Å². The van der Waals surface area contributed by atoms with Gasteiger partial charge < -0.3 is 4.74 Å². The third-order valence-corrected chi connectivity index (χ3v) is 7.13. The van der Waals surface area contributed by atoms with Gasteiger partial charge in [-0.2, -0.15) is 0 Å². The topological polar surface area (TPSA) is 26.3 Å². The normalized spacial score (nSPS) is 12.3. The number of hydrogen-bond acceptors (Lipinski definition) is 2. The molecule has 0 fully saturated rings. The zero-order valence-electron chi connectivity index (χ0n) is 26.8. The number of carbonyl (C=O) groups excluding carboxylic acids is 1. The molecule has 0 aromatic heterocycles. The molecule has 0 aromatic rings. The van der Waals surface area contributed by atoms with Crippen LogP contribution in [0.25, 0.3) is 0 Å². The van der Waals surface area contributed by atoms with Crippen molar-refractivity contribution in [2.75, 3.05) is 6.61 Å². The number of unbranched alkanes of at least 4 members (excludes halogenated alkanes) is 16. The summed E-state index contributed by atoms with van der Waals surface area (Å²) in [6.45, 7) is 5.11. The van der Waals surface area contributed by atoms with Crippen LogP contribution in [-0.4, -0.2) is 12.6 Å². The largest absolute Gasteiger partial charge is 0.466 e. The highest BCUT2D eigenvalue weighted by atomic mass is 16.5. The lowest BCUT2D eigenvalue weighted by molar-refractivity contribution is -0.143. The van der Waals surface area contributed by atoms with Gasteiger partial charge in [0.25, 0.3) is 0 Å². The standard InChI is InChI=1S/C38H66O2/c1-3-5-7-9-11-13-15-17-19-21-22-24-26-28-30-32-34-36-38(39)40-37-35-33-31-29-27-25-23-20-18-16-14-12-10-8-6-4-2/h11,13,17-20,22,24,28,30H,3-10,12,14-16,21,23,25-27,29,31-37H2,1-2H3/b13-11?,19-17?,20-18-,24-22?,30-28?. The van der Waals surface area contributed by atoms with Gasteiger partial charge in [0, 0.05) is 6.42 Å². The minimum Gasteiger partial charge on any atom is -0.466 e. The molecule has 2 nitrogen and oxygen atoms in total. The van der Waals surface area contributed by atoms with Crippen molar-refractivity contribution in [2.24, 2.45) is 0 Å². The molecule has 0 spiro atoms.